The molecule has 0 radical (unpaired) electrons. The fourth-order valence-corrected chi connectivity index (χ4v) is 1.42. The van der Waals surface area contributed by atoms with Gasteiger partial charge in [-0.15, -0.1) is 0 Å². The summed E-state index contributed by atoms with van der Waals surface area (Å²) in [5.74, 6) is -3.00. The molecule has 0 fully saturated rings. The molecular weight excluding hydrogens is 218 g/mol. The highest BCUT2D eigenvalue weighted by molar-refractivity contribution is 6.03. The number of carboxylic acids is 1. The number of anilines is 1. The van der Waals surface area contributed by atoms with Gasteiger partial charge in [-0.05, 0) is 6.07 Å². The number of fused-ring (bicyclic) bond motifs is 1. The molecular formula is C10H6F2N2O2. The van der Waals surface area contributed by atoms with Crippen LogP contribution in [0, 0.1) is 11.6 Å². The molecule has 0 aliphatic carbocycles. The number of carbonyl (C=O) groups is 1. The van der Waals surface area contributed by atoms with Crippen molar-refractivity contribution in [2.24, 2.45) is 0 Å². The minimum atomic E-state index is -1.29. The van der Waals surface area contributed by atoms with Gasteiger partial charge in [-0.25, -0.2) is 13.6 Å². The minimum absolute atomic E-state index is 0.0441. The Morgan fingerprint density at radius 1 is 1.38 bits per heavy atom. The molecule has 3 N–H and O–H groups in total. The summed E-state index contributed by atoms with van der Waals surface area (Å²) >= 11 is 0. The van der Waals surface area contributed by atoms with E-state index in [4.69, 9.17) is 10.8 Å². The highest BCUT2D eigenvalue weighted by Gasteiger charge is 2.14. The van der Waals surface area contributed by atoms with Crippen molar-refractivity contribution >= 4 is 22.6 Å². The van der Waals surface area contributed by atoms with Gasteiger partial charge in [-0.1, -0.05) is 0 Å². The molecule has 2 aromatic rings. The van der Waals surface area contributed by atoms with Crippen molar-refractivity contribution in [1.82, 2.24) is 4.98 Å². The van der Waals surface area contributed by atoms with Gasteiger partial charge >= 0.3 is 5.97 Å². The second-order valence-electron chi connectivity index (χ2n) is 3.17. The molecule has 0 aliphatic rings. The van der Waals surface area contributed by atoms with Crippen LogP contribution in [-0.2, 0) is 0 Å². The van der Waals surface area contributed by atoms with Crippen molar-refractivity contribution in [3.63, 3.8) is 0 Å². The highest BCUT2D eigenvalue weighted by atomic mass is 19.1. The third-order valence-electron chi connectivity index (χ3n) is 2.16. The molecule has 0 unspecified atom stereocenters. The number of nitrogens with two attached hydrogens (primary N) is 1. The van der Waals surface area contributed by atoms with Crippen molar-refractivity contribution in [1.29, 1.82) is 0 Å². The molecule has 0 atom stereocenters. The van der Waals surface area contributed by atoms with E-state index in [1.54, 1.807) is 0 Å². The number of benzene rings is 1. The predicted octanol–water partition coefficient (Wildman–Crippen LogP) is 1.79. The number of halogens is 2. The van der Waals surface area contributed by atoms with Gasteiger partial charge in [0, 0.05) is 17.6 Å². The van der Waals surface area contributed by atoms with Crippen LogP contribution in [0.3, 0.4) is 0 Å². The Bertz CT molecular complexity index is 599. The van der Waals surface area contributed by atoms with E-state index in [1.165, 1.54) is 0 Å². The van der Waals surface area contributed by atoms with Crippen molar-refractivity contribution < 1.29 is 18.7 Å². The Kier molecular flexibility index (Phi) is 2.19. The summed E-state index contributed by atoms with van der Waals surface area (Å²) in [5, 5.41) is 8.71. The standard InChI is InChI=1S/C10H6F2N2O2/c11-4-1-5-8(13)6(10(15)16)3-14-9(5)7(12)2-4/h1-3H,(H2,13,14)(H,15,16). The first-order valence-corrected chi connectivity index (χ1v) is 4.27. The first kappa shape index (κ1) is 10.3. The lowest BCUT2D eigenvalue weighted by atomic mass is 10.1. The average Bonchev–Trinajstić information content (AvgIpc) is 2.19. The van der Waals surface area contributed by atoms with E-state index in [0.29, 0.717) is 6.07 Å². The average molecular weight is 224 g/mol. The zero-order valence-corrected chi connectivity index (χ0v) is 7.87. The van der Waals surface area contributed by atoms with Crippen LogP contribution in [0.15, 0.2) is 18.3 Å². The number of nitrogens with zero attached hydrogens (tertiary/aromatic N) is 1. The summed E-state index contributed by atoms with van der Waals surface area (Å²) in [6, 6.07) is 1.61. The number of hydrogen-bond acceptors (Lipinski definition) is 3. The van der Waals surface area contributed by atoms with Crippen LogP contribution >= 0.6 is 0 Å². The Morgan fingerprint density at radius 2 is 2.06 bits per heavy atom. The van der Waals surface area contributed by atoms with Gasteiger partial charge in [0.2, 0.25) is 0 Å². The van der Waals surface area contributed by atoms with Crippen LogP contribution < -0.4 is 5.73 Å². The monoisotopic (exact) mass is 224 g/mol. The third-order valence-corrected chi connectivity index (χ3v) is 2.16. The minimum Gasteiger partial charge on any atom is -0.478 e. The molecule has 6 heteroatoms. The van der Waals surface area contributed by atoms with Gasteiger partial charge in [-0.2, -0.15) is 0 Å². The van der Waals surface area contributed by atoms with Gasteiger partial charge in [0.25, 0.3) is 0 Å². The first-order valence-electron chi connectivity index (χ1n) is 4.27. The lowest BCUT2D eigenvalue weighted by molar-refractivity contribution is 0.0698. The zero-order chi connectivity index (χ0) is 11.9. The lowest BCUT2D eigenvalue weighted by Crippen LogP contribution is -2.05. The maximum atomic E-state index is 13.3. The normalized spacial score (nSPS) is 10.6. The smallest absolute Gasteiger partial charge is 0.339 e. The molecule has 2 rings (SSSR count). The quantitative estimate of drug-likeness (QED) is 0.774. The summed E-state index contributed by atoms with van der Waals surface area (Å²) in [6.07, 6.45) is 0.945. The number of aromatic carboxylic acids is 1. The van der Waals surface area contributed by atoms with Crippen LogP contribution in [0.2, 0.25) is 0 Å². The van der Waals surface area contributed by atoms with E-state index in [-0.39, 0.29) is 22.2 Å². The lowest BCUT2D eigenvalue weighted by Gasteiger charge is -2.05. The maximum absolute atomic E-state index is 13.3. The molecule has 0 amide bonds. The van der Waals surface area contributed by atoms with Gasteiger partial charge in [-0.3, -0.25) is 4.98 Å². The van der Waals surface area contributed by atoms with E-state index in [9.17, 15) is 13.6 Å². The topological polar surface area (TPSA) is 76.2 Å². The van der Waals surface area contributed by atoms with Crippen molar-refractivity contribution in [3.8, 4) is 0 Å². The number of aromatic nitrogens is 1. The summed E-state index contributed by atoms with van der Waals surface area (Å²) in [7, 11) is 0. The number of hydrogen-bond donors (Lipinski definition) is 2. The van der Waals surface area contributed by atoms with E-state index >= 15 is 0 Å². The van der Waals surface area contributed by atoms with Gasteiger partial charge in [0.05, 0.1) is 5.69 Å². The zero-order valence-electron chi connectivity index (χ0n) is 7.87. The van der Waals surface area contributed by atoms with E-state index < -0.39 is 17.6 Å². The Labute approximate surface area is 88.3 Å². The Balaban J connectivity index is 2.89. The predicted molar refractivity (Wildman–Crippen MR) is 53.0 cm³/mol. The van der Waals surface area contributed by atoms with Crippen molar-refractivity contribution in [2.45, 2.75) is 0 Å². The molecule has 1 aromatic heterocycles. The van der Waals surface area contributed by atoms with Crippen molar-refractivity contribution in [3.05, 3.63) is 35.5 Å². The van der Waals surface area contributed by atoms with E-state index in [0.717, 1.165) is 12.3 Å². The second kappa shape index (κ2) is 3.41. The summed E-state index contributed by atoms with van der Waals surface area (Å²) in [5.41, 5.74) is 4.88. The number of pyridine rings is 1. The Morgan fingerprint density at radius 3 is 2.69 bits per heavy atom. The molecule has 0 aliphatic heterocycles. The maximum Gasteiger partial charge on any atom is 0.339 e. The molecule has 1 heterocycles. The van der Waals surface area contributed by atoms with Crippen LogP contribution in [-0.4, -0.2) is 16.1 Å². The highest BCUT2D eigenvalue weighted by Crippen LogP contribution is 2.25. The van der Waals surface area contributed by atoms with E-state index in [2.05, 4.69) is 4.98 Å². The number of nitrogen functional groups attached to an aromatic ring is 1. The number of carboxylic acid groups (broad SMARTS) is 1. The largest absolute Gasteiger partial charge is 0.478 e. The van der Waals surface area contributed by atoms with Crippen LogP contribution in [0.1, 0.15) is 10.4 Å². The third kappa shape index (κ3) is 1.44. The van der Waals surface area contributed by atoms with Crippen LogP contribution in [0.5, 0.6) is 0 Å². The molecule has 0 bridgehead atoms. The van der Waals surface area contributed by atoms with Crippen molar-refractivity contribution in [2.75, 3.05) is 5.73 Å². The fourth-order valence-electron chi connectivity index (χ4n) is 1.42. The molecule has 16 heavy (non-hydrogen) atoms. The molecule has 0 saturated carbocycles. The molecule has 1 aromatic carbocycles. The fraction of sp³-hybridized carbons (Fsp3) is 0. The van der Waals surface area contributed by atoms with Gasteiger partial charge in [0.1, 0.15) is 16.9 Å². The SMILES string of the molecule is Nc1c(C(=O)O)cnc2c(F)cc(F)cc12. The molecule has 82 valence electrons. The number of rotatable bonds is 1. The van der Waals surface area contributed by atoms with Gasteiger partial charge < -0.3 is 10.8 Å². The second-order valence-corrected chi connectivity index (χ2v) is 3.17. The summed E-state index contributed by atoms with van der Waals surface area (Å²) in [6.45, 7) is 0. The summed E-state index contributed by atoms with van der Waals surface area (Å²) in [4.78, 5) is 14.3. The molecule has 0 saturated heterocycles. The first-order chi connectivity index (χ1) is 7.50. The summed E-state index contributed by atoms with van der Waals surface area (Å²) < 4.78 is 26.2. The van der Waals surface area contributed by atoms with Crippen LogP contribution in [0.4, 0.5) is 14.5 Å². The van der Waals surface area contributed by atoms with Gasteiger partial charge in [0.15, 0.2) is 5.82 Å². The molecule has 0 spiro atoms. The molecule has 4 nitrogen and oxygen atoms in total. The Hall–Kier alpha value is -2.24. The van der Waals surface area contributed by atoms with Crippen LogP contribution in [0.25, 0.3) is 10.9 Å². The van der Waals surface area contributed by atoms with E-state index in [1.807, 2.05) is 0 Å².